The fraction of sp³-hybridized carbons (Fsp3) is 0.273. The van der Waals surface area contributed by atoms with Crippen LogP contribution in [-0.4, -0.2) is 13.6 Å². The predicted octanol–water partition coefficient (Wildman–Crippen LogP) is 2.59. The molecule has 0 bridgehead atoms. The minimum atomic E-state index is -0.546. The Bertz CT molecular complexity index is 321. The van der Waals surface area contributed by atoms with Gasteiger partial charge in [0.1, 0.15) is 11.6 Å². The quantitative estimate of drug-likeness (QED) is 0.731. The molecule has 0 aliphatic rings. The van der Waals surface area contributed by atoms with Gasteiger partial charge in [-0.2, -0.15) is 0 Å². The maximum atomic E-state index is 13.1. The van der Waals surface area contributed by atoms with Crippen LogP contribution in [0, 0.1) is 11.6 Å². The first kappa shape index (κ1) is 10.9. The Kier molecular flexibility index (Phi) is 4.26. The van der Waals surface area contributed by atoms with Crippen LogP contribution in [0.25, 0.3) is 6.08 Å². The second-order valence-electron chi connectivity index (χ2n) is 2.96. The number of benzene rings is 1. The molecule has 0 spiro atoms. The maximum absolute atomic E-state index is 13.1. The first-order chi connectivity index (χ1) is 6.74. The number of rotatable bonds is 4. The van der Waals surface area contributed by atoms with Crippen LogP contribution >= 0.6 is 0 Å². The van der Waals surface area contributed by atoms with Crippen LogP contribution in [-0.2, 0) is 0 Å². The Labute approximate surface area is 82.4 Å². The molecule has 0 fully saturated rings. The van der Waals surface area contributed by atoms with E-state index in [9.17, 15) is 8.78 Å². The van der Waals surface area contributed by atoms with Gasteiger partial charge in [0.15, 0.2) is 0 Å². The summed E-state index contributed by atoms with van der Waals surface area (Å²) in [5.41, 5.74) is 0.419. The van der Waals surface area contributed by atoms with Gasteiger partial charge < -0.3 is 5.32 Å². The zero-order valence-electron chi connectivity index (χ0n) is 8.06. The summed E-state index contributed by atoms with van der Waals surface area (Å²) in [5, 5.41) is 2.97. The normalized spacial score (nSPS) is 11.1. The van der Waals surface area contributed by atoms with Crippen LogP contribution in [0.1, 0.15) is 12.0 Å². The highest BCUT2D eigenvalue weighted by Gasteiger charge is 1.98. The average molecular weight is 197 g/mol. The van der Waals surface area contributed by atoms with E-state index in [-0.39, 0.29) is 0 Å². The predicted molar refractivity (Wildman–Crippen MR) is 53.9 cm³/mol. The molecular formula is C11H13F2N. The van der Waals surface area contributed by atoms with Gasteiger partial charge in [-0.05, 0) is 32.1 Å². The van der Waals surface area contributed by atoms with Gasteiger partial charge in [-0.15, -0.1) is 0 Å². The van der Waals surface area contributed by atoms with E-state index < -0.39 is 11.6 Å². The third-order valence-corrected chi connectivity index (χ3v) is 1.82. The third kappa shape index (κ3) is 3.26. The smallest absolute Gasteiger partial charge is 0.133 e. The van der Waals surface area contributed by atoms with Crippen molar-refractivity contribution in [2.24, 2.45) is 0 Å². The molecule has 0 aliphatic carbocycles. The van der Waals surface area contributed by atoms with Crippen molar-refractivity contribution in [3.05, 3.63) is 41.5 Å². The summed E-state index contributed by atoms with van der Waals surface area (Å²) in [7, 11) is 1.85. The molecule has 0 saturated carbocycles. The Morgan fingerprint density at radius 3 is 2.79 bits per heavy atom. The van der Waals surface area contributed by atoms with E-state index >= 15 is 0 Å². The molecule has 1 rings (SSSR count). The topological polar surface area (TPSA) is 12.0 Å². The second-order valence-corrected chi connectivity index (χ2v) is 2.96. The van der Waals surface area contributed by atoms with Crippen molar-refractivity contribution in [2.45, 2.75) is 6.42 Å². The van der Waals surface area contributed by atoms with Gasteiger partial charge in [-0.25, -0.2) is 8.78 Å². The Hall–Kier alpha value is -1.22. The number of nitrogens with one attached hydrogen (secondary N) is 1. The largest absolute Gasteiger partial charge is 0.319 e. The Morgan fingerprint density at radius 1 is 1.36 bits per heavy atom. The van der Waals surface area contributed by atoms with Gasteiger partial charge in [0.25, 0.3) is 0 Å². The fourth-order valence-corrected chi connectivity index (χ4v) is 1.07. The van der Waals surface area contributed by atoms with Crippen molar-refractivity contribution in [3.63, 3.8) is 0 Å². The fourth-order valence-electron chi connectivity index (χ4n) is 1.07. The summed E-state index contributed by atoms with van der Waals surface area (Å²) in [5.74, 6) is -1.07. The van der Waals surface area contributed by atoms with Crippen molar-refractivity contribution in [1.29, 1.82) is 0 Å². The second kappa shape index (κ2) is 5.50. The van der Waals surface area contributed by atoms with E-state index in [1.54, 1.807) is 6.08 Å². The average Bonchev–Trinajstić information content (AvgIpc) is 2.15. The first-order valence-electron chi connectivity index (χ1n) is 4.50. The lowest BCUT2D eigenvalue weighted by Crippen LogP contribution is -2.05. The molecule has 1 aromatic carbocycles. The number of hydrogen-bond acceptors (Lipinski definition) is 1. The van der Waals surface area contributed by atoms with E-state index in [2.05, 4.69) is 5.32 Å². The van der Waals surface area contributed by atoms with Gasteiger partial charge in [-0.1, -0.05) is 12.2 Å². The molecule has 0 unspecified atom stereocenters. The van der Waals surface area contributed by atoms with E-state index in [1.807, 2.05) is 13.1 Å². The summed E-state index contributed by atoms with van der Waals surface area (Å²) in [4.78, 5) is 0. The molecule has 14 heavy (non-hydrogen) atoms. The highest BCUT2D eigenvalue weighted by atomic mass is 19.1. The summed E-state index contributed by atoms with van der Waals surface area (Å²) in [6.07, 6.45) is 4.34. The van der Waals surface area contributed by atoms with E-state index in [0.29, 0.717) is 5.56 Å². The van der Waals surface area contributed by atoms with Crippen molar-refractivity contribution < 1.29 is 8.78 Å². The van der Waals surface area contributed by atoms with Gasteiger partial charge in [0, 0.05) is 11.6 Å². The van der Waals surface area contributed by atoms with Crippen molar-refractivity contribution in [1.82, 2.24) is 5.32 Å². The summed E-state index contributed by atoms with van der Waals surface area (Å²) in [6.45, 7) is 0.847. The molecule has 0 atom stereocenters. The minimum Gasteiger partial charge on any atom is -0.319 e. The lowest BCUT2D eigenvalue weighted by Gasteiger charge is -1.96. The monoisotopic (exact) mass is 197 g/mol. The molecule has 1 nitrogen and oxygen atoms in total. The molecule has 0 aromatic heterocycles. The first-order valence-corrected chi connectivity index (χ1v) is 4.50. The van der Waals surface area contributed by atoms with Gasteiger partial charge in [0.2, 0.25) is 0 Å². The Morgan fingerprint density at radius 2 is 2.14 bits per heavy atom. The zero-order chi connectivity index (χ0) is 10.4. The molecule has 0 aliphatic heterocycles. The molecular weight excluding hydrogens is 184 g/mol. The Balaban J connectivity index is 2.62. The summed E-state index contributed by atoms with van der Waals surface area (Å²) >= 11 is 0. The van der Waals surface area contributed by atoms with Gasteiger partial charge in [-0.3, -0.25) is 0 Å². The number of hydrogen-bond donors (Lipinski definition) is 1. The van der Waals surface area contributed by atoms with Crippen molar-refractivity contribution in [3.8, 4) is 0 Å². The van der Waals surface area contributed by atoms with E-state index in [1.165, 1.54) is 12.1 Å². The molecule has 1 aromatic rings. The van der Waals surface area contributed by atoms with Crippen LogP contribution in [0.5, 0.6) is 0 Å². The van der Waals surface area contributed by atoms with E-state index in [0.717, 1.165) is 19.0 Å². The lowest BCUT2D eigenvalue weighted by atomic mass is 10.2. The SMILES string of the molecule is CNCCC=Cc1ccc(F)cc1F. The number of halogens is 2. The minimum absolute atomic E-state index is 0.419. The van der Waals surface area contributed by atoms with E-state index in [4.69, 9.17) is 0 Å². The standard InChI is InChI=1S/C11H13F2N/c1-14-7-3-2-4-9-5-6-10(12)8-11(9)13/h2,4-6,8,14H,3,7H2,1H3. The van der Waals surface area contributed by atoms with Crippen LogP contribution in [0.15, 0.2) is 24.3 Å². The van der Waals surface area contributed by atoms with Crippen LogP contribution in [0.2, 0.25) is 0 Å². The summed E-state index contributed by atoms with van der Waals surface area (Å²) < 4.78 is 25.6. The van der Waals surface area contributed by atoms with Gasteiger partial charge in [0.05, 0.1) is 0 Å². The van der Waals surface area contributed by atoms with Crippen LogP contribution in [0.4, 0.5) is 8.78 Å². The highest BCUT2D eigenvalue weighted by Crippen LogP contribution is 2.11. The molecule has 1 N–H and O–H groups in total. The van der Waals surface area contributed by atoms with Crippen molar-refractivity contribution in [2.75, 3.05) is 13.6 Å². The maximum Gasteiger partial charge on any atom is 0.133 e. The van der Waals surface area contributed by atoms with Gasteiger partial charge >= 0.3 is 0 Å². The van der Waals surface area contributed by atoms with Crippen molar-refractivity contribution >= 4 is 6.08 Å². The molecule has 76 valence electrons. The third-order valence-electron chi connectivity index (χ3n) is 1.82. The zero-order valence-corrected chi connectivity index (χ0v) is 8.06. The molecule has 0 amide bonds. The molecule has 3 heteroatoms. The molecule has 0 saturated heterocycles. The van der Waals surface area contributed by atoms with Crippen LogP contribution in [0.3, 0.4) is 0 Å². The summed E-state index contributed by atoms with van der Waals surface area (Å²) in [6, 6.07) is 3.57. The molecule has 0 heterocycles. The lowest BCUT2D eigenvalue weighted by molar-refractivity contribution is 0.581. The highest BCUT2D eigenvalue weighted by molar-refractivity contribution is 5.49. The molecule has 0 radical (unpaired) electrons. The van der Waals surface area contributed by atoms with Crippen LogP contribution < -0.4 is 5.32 Å².